The van der Waals surface area contributed by atoms with Gasteiger partial charge in [0.1, 0.15) is 0 Å². The number of carbonyl (C=O) groups excluding carboxylic acids is 1. The van der Waals surface area contributed by atoms with Gasteiger partial charge in [0.05, 0.1) is 6.61 Å². The topological polar surface area (TPSA) is 44.8 Å². The molecule has 3 aromatic rings. The number of esters is 1. The lowest BCUT2D eigenvalue weighted by molar-refractivity contribution is -0.276. The quantitative estimate of drug-likeness (QED) is 0.207. The van der Waals surface area contributed by atoms with Crippen molar-refractivity contribution in [1.82, 2.24) is 0 Å². The monoisotopic (exact) mass is 558 g/mol. The summed E-state index contributed by atoms with van der Waals surface area (Å²) in [6.45, 7) is 8.52. The molecule has 0 N–H and O–H groups in total. The van der Waals surface area contributed by atoms with E-state index < -0.39 is 26.1 Å². The highest BCUT2D eigenvalue weighted by atomic mass is 28.4. The minimum atomic E-state index is -5.00. The van der Waals surface area contributed by atoms with E-state index >= 15 is 0 Å². The van der Waals surface area contributed by atoms with Crippen molar-refractivity contribution in [2.75, 3.05) is 20.3 Å². The van der Waals surface area contributed by atoms with E-state index in [1.54, 1.807) is 6.07 Å². The van der Waals surface area contributed by atoms with Crippen molar-refractivity contribution in [1.29, 1.82) is 0 Å². The predicted molar refractivity (Wildman–Crippen MR) is 149 cm³/mol. The summed E-state index contributed by atoms with van der Waals surface area (Å²) in [5.74, 6) is -1.73. The molecule has 0 fully saturated rings. The van der Waals surface area contributed by atoms with Crippen molar-refractivity contribution in [2.45, 2.75) is 50.9 Å². The molecular weight excluding hydrogens is 521 g/mol. The van der Waals surface area contributed by atoms with Gasteiger partial charge in [-0.2, -0.15) is 13.2 Å². The summed E-state index contributed by atoms with van der Waals surface area (Å²) in [5.41, 5.74) is -3.52. The molecule has 0 bridgehead atoms. The van der Waals surface area contributed by atoms with Crippen molar-refractivity contribution >= 4 is 24.7 Å². The van der Waals surface area contributed by atoms with E-state index in [4.69, 9.17) is 13.9 Å². The summed E-state index contributed by atoms with van der Waals surface area (Å²) >= 11 is 0. The minimum Gasteiger partial charge on any atom is -0.463 e. The smallest absolute Gasteiger partial charge is 0.432 e. The van der Waals surface area contributed by atoms with Gasteiger partial charge in [0.25, 0.3) is 13.9 Å². The maximum atomic E-state index is 14.2. The van der Waals surface area contributed by atoms with Crippen molar-refractivity contribution in [3.05, 3.63) is 96.6 Å². The first-order valence-electron chi connectivity index (χ1n) is 13.0. The number of halogens is 3. The number of alkyl halides is 3. The third kappa shape index (κ3) is 6.29. The average molecular weight is 559 g/mol. The first-order valence-corrected chi connectivity index (χ1v) is 14.9. The normalized spacial score (nSPS) is 14.9. The summed E-state index contributed by atoms with van der Waals surface area (Å²) in [5, 5.41) is 2.08. The maximum Gasteiger partial charge on any atom is 0.432 e. The van der Waals surface area contributed by atoms with Crippen molar-refractivity contribution < 1.29 is 31.9 Å². The lowest BCUT2D eigenvalue weighted by Gasteiger charge is -2.43. The Hall–Kier alpha value is -2.94. The van der Waals surface area contributed by atoms with Crippen LogP contribution in [0.4, 0.5) is 13.2 Å². The second-order valence-corrected chi connectivity index (χ2v) is 15.1. The van der Waals surface area contributed by atoms with Crippen LogP contribution in [0.5, 0.6) is 0 Å². The Morgan fingerprint density at radius 3 is 1.69 bits per heavy atom. The predicted octanol–water partition coefficient (Wildman–Crippen LogP) is 6.24. The number of methoxy groups -OCH3 is 1. The number of hydrogen-bond acceptors (Lipinski definition) is 4. The van der Waals surface area contributed by atoms with Crippen LogP contribution in [0.2, 0.25) is 5.04 Å². The third-order valence-corrected chi connectivity index (χ3v) is 12.1. The van der Waals surface area contributed by atoms with E-state index in [-0.39, 0.29) is 23.1 Å². The van der Waals surface area contributed by atoms with Crippen LogP contribution in [-0.4, -0.2) is 40.8 Å². The summed E-state index contributed by atoms with van der Waals surface area (Å²) in [4.78, 5) is 12.9. The number of carbonyl (C=O) groups is 1. The fourth-order valence-electron chi connectivity index (χ4n) is 4.96. The van der Waals surface area contributed by atoms with E-state index in [1.165, 1.54) is 24.3 Å². The molecule has 39 heavy (non-hydrogen) atoms. The Balaban J connectivity index is 1.76. The molecule has 3 aromatic carbocycles. The largest absolute Gasteiger partial charge is 0.463 e. The summed E-state index contributed by atoms with van der Waals surface area (Å²) in [6.07, 6.45) is -4.51. The van der Waals surface area contributed by atoms with Crippen LogP contribution in [0.1, 0.15) is 39.7 Å². The Bertz CT molecular complexity index is 1140. The van der Waals surface area contributed by atoms with Crippen LogP contribution in [0.3, 0.4) is 0 Å². The third-order valence-electron chi connectivity index (χ3n) is 7.02. The molecule has 0 saturated heterocycles. The molecule has 3 rings (SSSR count). The highest BCUT2D eigenvalue weighted by molar-refractivity contribution is 6.99. The maximum absolute atomic E-state index is 14.2. The molecule has 0 spiro atoms. The highest BCUT2D eigenvalue weighted by Crippen LogP contribution is 2.43. The standard InChI is InChI=1S/C31H37F3O4Si/c1-24(23-37-28(35)30(36-5,31(32,33)34)25-15-9-6-10-16-25)21-22-38-39(29(2,3)4,26-17-11-7-12-18-26)27-19-13-8-14-20-27/h6-20,24H,21-23H2,1-5H3/t24-,30-/m1/s1. The molecule has 0 saturated carbocycles. The van der Waals surface area contributed by atoms with Crippen LogP contribution in [0.15, 0.2) is 91.0 Å². The molecule has 0 aliphatic rings. The second kappa shape index (κ2) is 12.5. The zero-order valence-electron chi connectivity index (χ0n) is 23.1. The van der Waals surface area contributed by atoms with Crippen LogP contribution < -0.4 is 10.4 Å². The van der Waals surface area contributed by atoms with Gasteiger partial charge < -0.3 is 13.9 Å². The van der Waals surface area contributed by atoms with Gasteiger partial charge in [-0.1, -0.05) is 119 Å². The molecule has 0 aliphatic carbocycles. The van der Waals surface area contributed by atoms with E-state index in [0.717, 1.165) is 17.5 Å². The van der Waals surface area contributed by atoms with Crippen LogP contribution in [0.25, 0.3) is 0 Å². The Labute approximate surface area is 230 Å². The molecule has 0 unspecified atom stereocenters. The number of rotatable bonds is 11. The molecule has 2 atom stereocenters. The van der Waals surface area contributed by atoms with Crippen LogP contribution in [-0.2, 0) is 24.3 Å². The average Bonchev–Trinajstić information content (AvgIpc) is 2.91. The molecule has 0 radical (unpaired) electrons. The van der Waals surface area contributed by atoms with Crippen LogP contribution in [0, 0.1) is 5.92 Å². The van der Waals surface area contributed by atoms with Crippen LogP contribution >= 0.6 is 0 Å². The molecular formula is C31H37F3O4Si. The highest BCUT2D eigenvalue weighted by Gasteiger charge is 2.64. The van der Waals surface area contributed by atoms with Gasteiger partial charge in [-0.15, -0.1) is 0 Å². The first kappa shape index (κ1) is 30.6. The van der Waals surface area contributed by atoms with Gasteiger partial charge >= 0.3 is 12.1 Å². The van der Waals surface area contributed by atoms with Gasteiger partial charge in [-0.05, 0) is 27.8 Å². The Kier molecular flexibility index (Phi) is 9.80. The van der Waals surface area contributed by atoms with E-state index in [9.17, 15) is 18.0 Å². The van der Waals surface area contributed by atoms with Crippen molar-refractivity contribution in [2.24, 2.45) is 5.92 Å². The Morgan fingerprint density at radius 2 is 1.28 bits per heavy atom. The first-order chi connectivity index (χ1) is 18.4. The van der Waals surface area contributed by atoms with Gasteiger partial charge in [-0.3, -0.25) is 0 Å². The molecule has 0 aromatic heterocycles. The summed E-state index contributed by atoms with van der Waals surface area (Å²) in [6, 6.07) is 27.2. The van der Waals surface area contributed by atoms with Crippen molar-refractivity contribution in [3.63, 3.8) is 0 Å². The molecule has 210 valence electrons. The summed E-state index contributed by atoms with van der Waals surface area (Å²) in [7, 11) is -1.88. The van der Waals surface area contributed by atoms with Gasteiger partial charge in [0, 0.05) is 19.3 Å². The number of ether oxygens (including phenoxy) is 2. The molecule has 8 heteroatoms. The van der Waals surface area contributed by atoms with Gasteiger partial charge in [0.15, 0.2) is 0 Å². The zero-order valence-corrected chi connectivity index (χ0v) is 24.1. The second-order valence-electron chi connectivity index (χ2n) is 10.8. The molecule has 4 nitrogen and oxygen atoms in total. The zero-order chi connectivity index (χ0) is 28.7. The lowest BCUT2D eigenvalue weighted by Crippen LogP contribution is -2.66. The minimum absolute atomic E-state index is 0.197. The fourth-order valence-corrected chi connectivity index (χ4v) is 9.54. The van der Waals surface area contributed by atoms with E-state index in [0.29, 0.717) is 13.0 Å². The van der Waals surface area contributed by atoms with Gasteiger partial charge in [0.2, 0.25) is 0 Å². The van der Waals surface area contributed by atoms with Crippen molar-refractivity contribution in [3.8, 4) is 0 Å². The van der Waals surface area contributed by atoms with E-state index in [1.807, 2.05) is 43.3 Å². The molecule has 0 heterocycles. The Morgan fingerprint density at radius 1 is 0.821 bits per heavy atom. The lowest BCUT2D eigenvalue weighted by atomic mass is 9.92. The molecule has 0 aliphatic heterocycles. The molecule has 0 amide bonds. The number of benzene rings is 3. The summed E-state index contributed by atoms with van der Waals surface area (Å²) < 4.78 is 59.4. The fraction of sp³-hybridized carbons (Fsp3) is 0.387. The number of hydrogen-bond donors (Lipinski definition) is 0. The van der Waals surface area contributed by atoms with Gasteiger partial charge in [-0.25, -0.2) is 4.79 Å². The van der Waals surface area contributed by atoms with E-state index in [2.05, 4.69) is 45.0 Å². The SMILES string of the molecule is CO[C@@](C(=O)OC[C@H](C)CCO[Si](c1ccccc1)(c1ccccc1)C(C)(C)C)(c1ccccc1)C(F)(F)F.